The predicted molar refractivity (Wildman–Crippen MR) is 30.3 cm³/mol. The van der Waals surface area contributed by atoms with E-state index in [1.54, 1.807) is 6.21 Å². The molecule has 0 saturated heterocycles. The monoisotopic (exact) mass is 98.1 g/mol. The van der Waals surface area contributed by atoms with E-state index < -0.39 is 0 Å². The quantitative estimate of drug-likeness (QED) is 0.400. The Hall–Kier alpha value is -0.530. The lowest BCUT2D eigenvalue weighted by atomic mass is 10.8. The van der Waals surface area contributed by atoms with Gasteiger partial charge in [0.05, 0.1) is 0 Å². The van der Waals surface area contributed by atoms with Crippen LogP contribution in [0.15, 0.2) is 5.10 Å². The fourth-order valence-corrected chi connectivity index (χ4v) is 0.392. The summed E-state index contributed by atoms with van der Waals surface area (Å²) in [4.78, 5) is 0. The zero-order valence-electron chi connectivity index (χ0n) is 4.52. The molecule has 0 bridgehead atoms. The summed E-state index contributed by atoms with van der Waals surface area (Å²) < 4.78 is 0. The molecular weight excluding hydrogens is 88.1 g/mol. The van der Waals surface area contributed by atoms with Gasteiger partial charge in [-0.3, -0.25) is 0 Å². The van der Waals surface area contributed by atoms with Gasteiger partial charge in [-0.15, -0.1) is 0 Å². The highest BCUT2D eigenvalue weighted by atomic mass is 15.3. The zero-order valence-corrected chi connectivity index (χ0v) is 4.52. The summed E-state index contributed by atoms with van der Waals surface area (Å²) in [6.45, 7) is 1.91. The van der Waals surface area contributed by atoms with Crippen LogP contribution >= 0.6 is 0 Å². The number of hydrogen-bond donors (Lipinski definition) is 1. The van der Waals surface area contributed by atoms with Crippen molar-refractivity contribution in [3.8, 4) is 0 Å². The first-order valence-corrected chi connectivity index (χ1v) is 2.66. The molecule has 0 heterocycles. The predicted octanol–water partition coefficient (Wildman–Crippen LogP) is 0.744. The second kappa shape index (κ2) is 1.96. The molecule has 2 nitrogen and oxygen atoms in total. The summed E-state index contributed by atoms with van der Waals surface area (Å²) >= 11 is 0. The van der Waals surface area contributed by atoms with E-state index in [4.69, 9.17) is 0 Å². The second-order valence-electron chi connectivity index (χ2n) is 1.79. The largest absolute Gasteiger partial charge is 0.307 e. The molecule has 0 unspecified atom stereocenters. The molecule has 0 amide bonds. The first kappa shape index (κ1) is 4.62. The third kappa shape index (κ3) is 1.57. The van der Waals surface area contributed by atoms with Crippen molar-refractivity contribution in [1.29, 1.82) is 0 Å². The van der Waals surface area contributed by atoms with Crippen LogP contribution in [-0.4, -0.2) is 12.3 Å². The molecule has 0 aromatic carbocycles. The number of rotatable bonds is 2. The lowest BCUT2D eigenvalue weighted by Crippen LogP contribution is -2.06. The Kier molecular flexibility index (Phi) is 1.29. The number of hydrogen-bond acceptors (Lipinski definition) is 2. The third-order valence-electron chi connectivity index (χ3n) is 0.964. The minimum absolute atomic E-state index is 0.705. The number of nitrogens with one attached hydrogen (secondary N) is 1. The molecule has 40 valence electrons. The summed E-state index contributed by atoms with van der Waals surface area (Å²) in [6.07, 6.45) is 4.38. The van der Waals surface area contributed by atoms with E-state index in [1.165, 1.54) is 12.8 Å². The van der Waals surface area contributed by atoms with Crippen molar-refractivity contribution in [1.82, 2.24) is 5.43 Å². The number of hydrazone groups is 1. The minimum atomic E-state index is 0.705. The Morgan fingerprint density at radius 3 is 2.86 bits per heavy atom. The van der Waals surface area contributed by atoms with Crippen molar-refractivity contribution in [3.63, 3.8) is 0 Å². The van der Waals surface area contributed by atoms with Gasteiger partial charge in [0.1, 0.15) is 0 Å². The molecule has 0 radical (unpaired) electrons. The van der Waals surface area contributed by atoms with Gasteiger partial charge in [-0.05, 0) is 19.8 Å². The van der Waals surface area contributed by atoms with Gasteiger partial charge in [-0.1, -0.05) is 0 Å². The molecule has 2 heteroatoms. The minimum Gasteiger partial charge on any atom is -0.307 e. The van der Waals surface area contributed by atoms with Gasteiger partial charge in [0.25, 0.3) is 0 Å². The smallest absolute Gasteiger partial charge is 0.0441 e. The van der Waals surface area contributed by atoms with Gasteiger partial charge in [0.15, 0.2) is 0 Å². The average Bonchev–Trinajstić information content (AvgIpc) is 2.42. The zero-order chi connectivity index (χ0) is 5.11. The molecule has 7 heavy (non-hydrogen) atoms. The molecule has 1 N–H and O–H groups in total. The Balaban J connectivity index is 1.98. The SMILES string of the molecule is C/C=N\NC1CC1. The highest BCUT2D eigenvalue weighted by Gasteiger charge is 2.19. The summed E-state index contributed by atoms with van der Waals surface area (Å²) in [6, 6.07) is 0.705. The van der Waals surface area contributed by atoms with Crippen LogP contribution in [0.1, 0.15) is 19.8 Å². The van der Waals surface area contributed by atoms with Crippen LogP contribution in [0.2, 0.25) is 0 Å². The molecule has 1 fully saturated rings. The van der Waals surface area contributed by atoms with E-state index in [0.717, 1.165) is 0 Å². The van der Waals surface area contributed by atoms with Gasteiger partial charge >= 0.3 is 0 Å². The van der Waals surface area contributed by atoms with Crippen molar-refractivity contribution < 1.29 is 0 Å². The highest BCUT2D eigenvalue weighted by molar-refractivity contribution is 5.52. The summed E-state index contributed by atoms with van der Waals surface area (Å²) in [7, 11) is 0. The standard InChI is InChI=1S/C5H10N2/c1-2-6-7-5-3-4-5/h2,5,7H,3-4H2,1H3/b6-2-. The van der Waals surface area contributed by atoms with Crippen LogP contribution < -0.4 is 5.43 Å². The topological polar surface area (TPSA) is 24.4 Å². The fourth-order valence-electron chi connectivity index (χ4n) is 0.392. The first-order valence-electron chi connectivity index (χ1n) is 2.66. The summed E-state index contributed by atoms with van der Waals surface area (Å²) in [5, 5.41) is 3.86. The molecule has 1 saturated carbocycles. The van der Waals surface area contributed by atoms with Crippen molar-refractivity contribution in [2.75, 3.05) is 0 Å². The Labute approximate surface area is 43.6 Å². The van der Waals surface area contributed by atoms with E-state index in [2.05, 4.69) is 10.5 Å². The van der Waals surface area contributed by atoms with Crippen LogP contribution in [0.3, 0.4) is 0 Å². The molecule has 0 aliphatic heterocycles. The van der Waals surface area contributed by atoms with Gasteiger partial charge < -0.3 is 5.43 Å². The van der Waals surface area contributed by atoms with Crippen LogP contribution in [0.5, 0.6) is 0 Å². The first-order chi connectivity index (χ1) is 3.43. The Morgan fingerprint density at radius 2 is 2.43 bits per heavy atom. The van der Waals surface area contributed by atoms with E-state index >= 15 is 0 Å². The maximum absolute atomic E-state index is 3.86. The van der Waals surface area contributed by atoms with Crippen molar-refractivity contribution in [2.45, 2.75) is 25.8 Å². The van der Waals surface area contributed by atoms with E-state index in [9.17, 15) is 0 Å². The second-order valence-corrected chi connectivity index (χ2v) is 1.79. The summed E-state index contributed by atoms with van der Waals surface area (Å²) in [5.74, 6) is 0. The third-order valence-corrected chi connectivity index (χ3v) is 0.964. The molecule has 0 aromatic heterocycles. The highest BCUT2D eigenvalue weighted by Crippen LogP contribution is 2.17. The Bertz CT molecular complexity index is 74.1. The molecular formula is C5H10N2. The molecule has 0 spiro atoms. The van der Waals surface area contributed by atoms with Crippen molar-refractivity contribution in [2.24, 2.45) is 5.10 Å². The van der Waals surface area contributed by atoms with Crippen LogP contribution in [0, 0.1) is 0 Å². The molecule has 0 aromatic rings. The van der Waals surface area contributed by atoms with Crippen molar-refractivity contribution >= 4 is 6.21 Å². The van der Waals surface area contributed by atoms with Gasteiger partial charge in [0, 0.05) is 12.3 Å². The lowest BCUT2D eigenvalue weighted by Gasteiger charge is -1.88. The molecule has 1 aliphatic carbocycles. The maximum atomic E-state index is 3.86. The van der Waals surface area contributed by atoms with Crippen molar-refractivity contribution in [3.05, 3.63) is 0 Å². The maximum Gasteiger partial charge on any atom is 0.0441 e. The van der Waals surface area contributed by atoms with Crippen LogP contribution in [-0.2, 0) is 0 Å². The van der Waals surface area contributed by atoms with Crippen LogP contribution in [0.25, 0.3) is 0 Å². The summed E-state index contributed by atoms with van der Waals surface area (Å²) in [5.41, 5.74) is 2.98. The molecule has 1 rings (SSSR count). The van der Waals surface area contributed by atoms with Gasteiger partial charge in [-0.2, -0.15) is 5.10 Å². The fraction of sp³-hybridized carbons (Fsp3) is 0.800. The Morgan fingerprint density at radius 1 is 1.71 bits per heavy atom. The number of nitrogens with zero attached hydrogens (tertiary/aromatic N) is 1. The molecule has 1 aliphatic rings. The normalized spacial score (nSPS) is 20.7. The van der Waals surface area contributed by atoms with Crippen LogP contribution in [0.4, 0.5) is 0 Å². The lowest BCUT2D eigenvalue weighted by molar-refractivity contribution is 0.741. The van der Waals surface area contributed by atoms with E-state index in [0.29, 0.717) is 6.04 Å². The van der Waals surface area contributed by atoms with Gasteiger partial charge in [-0.25, -0.2) is 0 Å². The van der Waals surface area contributed by atoms with E-state index in [1.807, 2.05) is 6.92 Å². The average molecular weight is 98.1 g/mol. The van der Waals surface area contributed by atoms with E-state index in [-0.39, 0.29) is 0 Å². The van der Waals surface area contributed by atoms with Gasteiger partial charge in [0.2, 0.25) is 0 Å². The molecule has 0 atom stereocenters.